The van der Waals surface area contributed by atoms with Crippen molar-refractivity contribution in [3.05, 3.63) is 29.2 Å². The zero-order chi connectivity index (χ0) is 26.0. The number of ether oxygens (including phenoxy) is 1. The fourth-order valence-electron chi connectivity index (χ4n) is 4.52. The summed E-state index contributed by atoms with van der Waals surface area (Å²) in [6, 6.07) is 1.43. The van der Waals surface area contributed by atoms with Gasteiger partial charge in [0, 0.05) is 45.0 Å². The third kappa shape index (κ3) is 3.70. The predicted molar refractivity (Wildman–Crippen MR) is 132 cm³/mol. The van der Waals surface area contributed by atoms with Gasteiger partial charge in [-0.15, -0.1) is 9.78 Å². The van der Waals surface area contributed by atoms with Crippen LogP contribution in [0, 0.1) is 6.57 Å². The molecule has 5 heterocycles. The molecule has 3 aromatic heterocycles. The summed E-state index contributed by atoms with van der Waals surface area (Å²) in [6.07, 6.45) is 2.83. The molecule has 1 saturated heterocycles. The van der Waals surface area contributed by atoms with Crippen molar-refractivity contribution in [3.8, 4) is 5.82 Å². The summed E-state index contributed by atoms with van der Waals surface area (Å²) in [5.41, 5.74) is 1.33. The number of rotatable bonds is 5. The van der Waals surface area contributed by atoms with E-state index in [0.29, 0.717) is 37.7 Å². The van der Waals surface area contributed by atoms with Gasteiger partial charge < -0.3 is 14.5 Å². The molecule has 0 aliphatic carbocycles. The lowest BCUT2D eigenvalue weighted by atomic mass is 10.1. The first-order chi connectivity index (χ1) is 16.9. The number of nitrogens with zero attached hydrogens (tertiary/aromatic N) is 9. The van der Waals surface area contributed by atoms with Gasteiger partial charge in [0.1, 0.15) is 5.82 Å². The van der Waals surface area contributed by atoms with Gasteiger partial charge in [-0.05, 0) is 18.4 Å². The van der Waals surface area contributed by atoms with Crippen molar-refractivity contribution in [2.45, 2.75) is 19.4 Å². The molecule has 0 aromatic carbocycles. The summed E-state index contributed by atoms with van der Waals surface area (Å²) < 4.78 is 60.5. The van der Waals surface area contributed by atoms with Crippen LogP contribution in [0.5, 0.6) is 0 Å². The molecule has 14 nitrogen and oxygen atoms in total. The normalized spacial score (nSPS) is 18.7. The lowest BCUT2D eigenvalue weighted by Crippen LogP contribution is -2.44. The molecule has 0 amide bonds. The van der Waals surface area contributed by atoms with Crippen molar-refractivity contribution in [2.75, 3.05) is 55.9 Å². The summed E-state index contributed by atoms with van der Waals surface area (Å²) >= 11 is 0. The summed E-state index contributed by atoms with van der Waals surface area (Å²) in [4.78, 5) is 10.5. The Labute approximate surface area is 208 Å². The highest BCUT2D eigenvalue weighted by Crippen LogP contribution is 2.45. The molecule has 3 aromatic rings. The molecule has 192 valence electrons. The first-order valence-corrected chi connectivity index (χ1v) is 14.3. The van der Waals surface area contributed by atoms with Crippen LogP contribution in [0.1, 0.15) is 12.5 Å². The average Bonchev–Trinajstić information content (AvgIpc) is 3.54. The zero-order valence-corrected chi connectivity index (χ0v) is 21.8. The Hall–Kier alpha value is -3.26. The Balaban J connectivity index is 1.81. The number of hydrogen-bond donors (Lipinski definition) is 0. The van der Waals surface area contributed by atoms with Gasteiger partial charge in [0.25, 0.3) is 0 Å². The molecule has 1 atom stereocenters. The minimum Gasteiger partial charge on any atom is -0.377 e. The van der Waals surface area contributed by atoms with Crippen molar-refractivity contribution in [1.82, 2.24) is 28.3 Å². The van der Waals surface area contributed by atoms with Gasteiger partial charge in [0.15, 0.2) is 11.5 Å². The highest BCUT2D eigenvalue weighted by atomic mass is 32.2. The van der Waals surface area contributed by atoms with Gasteiger partial charge in [-0.25, -0.2) is 13.4 Å². The smallest absolute Gasteiger partial charge is 0.322 e. The van der Waals surface area contributed by atoms with E-state index in [9.17, 15) is 16.8 Å². The Morgan fingerprint density at radius 3 is 2.58 bits per heavy atom. The largest absolute Gasteiger partial charge is 0.377 e. The molecule has 2 aliphatic rings. The van der Waals surface area contributed by atoms with Crippen LogP contribution in [0.25, 0.3) is 21.7 Å². The van der Waals surface area contributed by atoms with E-state index in [1.807, 2.05) is 6.92 Å². The molecule has 0 radical (unpaired) electrons. The van der Waals surface area contributed by atoms with E-state index in [1.54, 1.807) is 0 Å². The number of sulfonamides is 1. The molecule has 5 rings (SSSR count). The number of fused-ring (bicyclic) bond motifs is 3. The fourth-order valence-corrected chi connectivity index (χ4v) is 6.22. The maximum absolute atomic E-state index is 12.7. The maximum atomic E-state index is 12.7. The Bertz CT molecular complexity index is 1620. The first kappa shape index (κ1) is 24.4. The summed E-state index contributed by atoms with van der Waals surface area (Å²) in [5, 5.41) is 8.83. The van der Waals surface area contributed by atoms with Crippen LogP contribution in [0.15, 0.2) is 12.3 Å². The minimum atomic E-state index is -3.88. The Morgan fingerprint density at radius 2 is 1.94 bits per heavy atom. The molecule has 0 bridgehead atoms. The lowest BCUT2D eigenvalue weighted by Gasteiger charge is -2.35. The van der Waals surface area contributed by atoms with Crippen LogP contribution in [0.3, 0.4) is 0 Å². The monoisotopic (exact) mass is 535 g/mol. The molecule has 0 spiro atoms. The standard InChI is InChI=1S/C20H25N9O5S2/c1-13-12-34-11-10-26(13)19-14-6-8-27(35(5,30)31)17(14)16-18(21-2)24-29(20(16)22-19)15-7-9-28(23-15)36(32,33)25(3)4/h7,9,13H,6,8,10-12H2,1,3-5H3/t13-/m1/s1. The van der Waals surface area contributed by atoms with E-state index in [4.69, 9.17) is 16.3 Å². The van der Waals surface area contributed by atoms with Gasteiger partial charge in [-0.2, -0.15) is 16.8 Å². The van der Waals surface area contributed by atoms with Crippen LogP contribution in [0.2, 0.25) is 0 Å². The van der Waals surface area contributed by atoms with Gasteiger partial charge in [0.2, 0.25) is 10.0 Å². The molecular formula is C20H25N9O5S2. The van der Waals surface area contributed by atoms with Crippen LogP contribution in [0.4, 0.5) is 17.3 Å². The predicted octanol–water partition coefficient (Wildman–Crippen LogP) is 0.369. The van der Waals surface area contributed by atoms with Crippen LogP contribution >= 0.6 is 0 Å². The van der Waals surface area contributed by atoms with Crippen molar-refractivity contribution < 1.29 is 21.6 Å². The lowest BCUT2D eigenvalue weighted by molar-refractivity contribution is 0.0985. The Morgan fingerprint density at radius 1 is 1.19 bits per heavy atom. The molecule has 0 unspecified atom stereocenters. The highest BCUT2D eigenvalue weighted by Gasteiger charge is 2.37. The van der Waals surface area contributed by atoms with Crippen molar-refractivity contribution in [3.63, 3.8) is 0 Å². The molecule has 16 heteroatoms. The van der Waals surface area contributed by atoms with Crippen molar-refractivity contribution in [2.24, 2.45) is 0 Å². The average molecular weight is 536 g/mol. The third-order valence-corrected chi connectivity index (χ3v) is 9.04. The highest BCUT2D eigenvalue weighted by molar-refractivity contribution is 7.92. The summed E-state index contributed by atoms with van der Waals surface area (Å²) in [5.74, 6) is 0.672. The molecular weight excluding hydrogens is 510 g/mol. The Kier molecular flexibility index (Phi) is 5.70. The molecule has 0 saturated carbocycles. The van der Waals surface area contributed by atoms with E-state index < -0.39 is 20.2 Å². The van der Waals surface area contributed by atoms with Gasteiger partial charge >= 0.3 is 16.0 Å². The van der Waals surface area contributed by atoms with E-state index in [0.717, 1.165) is 20.2 Å². The number of morpholine rings is 1. The molecule has 36 heavy (non-hydrogen) atoms. The number of aromatic nitrogens is 5. The van der Waals surface area contributed by atoms with E-state index >= 15 is 0 Å². The van der Waals surface area contributed by atoms with Crippen molar-refractivity contribution in [1.29, 1.82) is 0 Å². The van der Waals surface area contributed by atoms with Gasteiger partial charge in [-0.1, -0.05) is 6.57 Å². The molecule has 0 N–H and O–H groups in total. The SMILES string of the molecule is [C-]#[N+]c1nn(-c2ccn(S(=O)(=O)N(C)C)n2)c2nc(N3CCOC[C@H]3C)c3c(c12)N(S(C)(=O)=O)CC3. The van der Waals surface area contributed by atoms with Crippen LogP contribution < -0.4 is 9.21 Å². The molecule has 2 aliphatic heterocycles. The number of anilines is 2. The van der Waals surface area contributed by atoms with E-state index in [1.165, 1.54) is 35.3 Å². The van der Waals surface area contributed by atoms with Gasteiger partial charge in [0.05, 0.1) is 36.6 Å². The number of pyridine rings is 1. The summed E-state index contributed by atoms with van der Waals surface area (Å²) in [6.45, 7) is 11.5. The zero-order valence-electron chi connectivity index (χ0n) is 20.2. The summed E-state index contributed by atoms with van der Waals surface area (Å²) in [7, 11) is -4.76. The van der Waals surface area contributed by atoms with E-state index in [2.05, 4.69) is 19.9 Å². The number of hydrogen-bond acceptors (Lipinski definition) is 9. The maximum Gasteiger partial charge on any atom is 0.322 e. The first-order valence-electron chi connectivity index (χ1n) is 11.1. The minimum absolute atomic E-state index is 0.0127. The second-order valence-corrected chi connectivity index (χ2v) is 12.8. The second kappa shape index (κ2) is 8.40. The van der Waals surface area contributed by atoms with Gasteiger partial charge in [-0.3, -0.25) is 4.31 Å². The molecule has 1 fully saturated rings. The fraction of sp³-hybridized carbons (Fsp3) is 0.500. The topological polar surface area (TPSA) is 140 Å². The van der Waals surface area contributed by atoms with Crippen molar-refractivity contribution >= 4 is 48.6 Å². The third-order valence-electron chi connectivity index (χ3n) is 6.27. The second-order valence-electron chi connectivity index (χ2n) is 8.85. The quantitative estimate of drug-likeness (QED) is 0.424. The van der Waals surface area contributed by atoms with Crippen LogP contribution in [-0.4, -0.2) is 97.8 Å². The van der Waals surface area contributed by atoms with E-state index in [-0.39, 0.29) is 35.3 Å². The van der Waals surface area contributed by atoms with Crippen LogP contribution in [-0.2, 0) is 31.4 Å².